The minimum Gasteiger partial charge on any atom is -0.389 e. The molecular weight excluding hydrogens is 234 g/mol. The average Bonchev–Trinajstić information content (AvgIpc) is 2.62. The fourth-order valence-electron chi connectivity index (χ4n) is 3.35. The Morgan fingerprint density at radius 3 is 2.35 bits per heavy atom. The van der Waals surface area contributed by atoms with Gasteiger partial charge >= 0.3 is 0 Å². The molecule has 2 saturated heterocycles. The average molecular weight is 252 g/mol. The van der Waals surface area contributed by atoms with E-state index in [1.54, 1.807) is 0 Å². The maximum absolute atomic E-state index is 10.7. The first kappa shape index (κ1) is 11.5. The van der Waals surface area contributed by atoms with Crippen molar-refractivity contribution in [1.82, 2.24) is 5.32 Å². The number of nitrogens with one attached hydrogen (secondary N) is 1. The van der Waals surface area contributed by atoms with Gasteiger partial charge < -0.3 is 10.4 Å². The van der Waals surface area contributed by atoms with Gasteiger partial charge in [-0.05, 0) is 43.4 Å². The number of aliphatic hydroxyl groups is 1. The first-order chi connectivity index (χ1) is 8.13. The summed E-state index contributed by atoms with van der Waals surface area (Å²) in [4.78, 5) is 0. The first-order valence-corrected chi connectivity index (χ1v) is 6.74. The maximum atomic E-state index is 10.7. The van der Waals surface area contributed by atoms with Crippen molar-refractivity contribution in [2.75, 3.05) is 0 Å². The van der Waals surface area contributed by atoms with Crippen molar-refractivity contribution in [3.05, 3.63) is 34.9 Å². The molecule has 2 unspecified atom stereocenters. The molecule has 0 spiro atoms. The van der Waals surface area contributed by atoms with E-state index in [2.05, 4.69) is 5.32 Å². The molecule has 92 valence electrons. The molecule has 2 fully saturated rings. The lowest BCUT2D eigenvalue weighted by atomic mass is 9.82. The summed E-state index contributed by atoms with van der Waals surface area (Å²) in [5.74, 6) is 0. The zero-order valence-corrected chi connectivity index (χ0v) is 10.6. The quantitative estimate of drug-likeness (QED) is 0.847. The largest absolute Gasteiger partial charge is 0.389 e. The van der Waals surface area contributed by atoms with Crippen LogP contribution in [0.4, 0.5) is 0 Å². The Balaban J connectivity index is 1.73. The van der Waals surface area contributed by atoms with Crippen LogP contribution in [-0.4, -0.2) is 22.8 Å². The van der Waals surface area contributed by atoms with Crippen molar-refractivity contribution in [2.24, 2.45) is 0 Å². The normalized spacial score (nSPS) is 36.1. The molecule has 3 rings (SSSR count). The van der Waals surface area contributed by atoms with Crippen LogP contribution in [0.5, 0.6) is 0 Å². The van der Waals surface area contributed by atoms with E-state index in [-0.39, 0.29) is 0 Å². The molecule has 0 aliphatic carbocycles. The molecule has 1 aromatic carbocycles. The van der Waals surface area contributed by atoms with E-state index in [1.807, 2.05) is 24.3 Å². The lowest BCUT2D eigenvalue weighted by Crippen LogP contribution is -2.49. The molecule has 2 heterocycles. The second-order valence-corrected chi connectivity index (χ2v) is 6.01. The Morgan fingerprint density at radius 2 is 1.76 bits per heavy atom. The third-order valence-corrected chi connectivity index (χ3v) is 4.29. The highest BCUT2D eigenvalue weighted by Crippen LogP contribution is 2.36. The van der Waals surface area contributed by atoms with Crippen molar-refractivity contribution in [3.63, 3.8) is 0 Å². The van der Waals surface area contributed by atoms with E-state index in [4.69, 9.17) is 11.6 Å². The number of halogens is 1. The molecule has 2 nitrogen and oxygen atoms in total. The maximum Gasteiger partial charge on any atom is 0.0717 e. The second-order valence-electron chi connectivity index (χ2n) is 5.57. The van der Waals surface area contributed by atoms with Gasteiger partial charge in [0.25, 0.3) is 0 Å². The number of benzene rings is 1. The van der Waals surface area contributed by atoms with E-state index in [0.717, 1.165) is 24.3 Å². The van der Waals surface area contributed by atoms with Gasteiger partial charge in [0.2, 0.25) is 0 Å². The molecule has 3 heteroatoms. The molecule has 0 amide bonds. The van der Waals surface area contributed by atoms with Crippen LogP contribution in [0.2, 0.25) is 5.02 Å². The van der Waals surface area contributed by atoms with E-state index in [1.165, 1.54) is 18.4 Å². The van der Waals surface area contributed by atoms with E-state index in [9.17, 15) is 5.11 Å². The third kappa shape index (κ3) is 2.49. The second kappa shape index (κ2) is 4.27. The summed E-state index contributed by atoms with van der Waals surface area (Å²) >= 11 is 5.87. The molecule has 2 atom stereocenters. The van der Waals surface area contributed by atoms with Gasteiger partial charge in [-0.3, -0.25) is 0 Å². The highest BCUT2D eigenvalue weighted by atomic mass is 35.5. The van der Waals surface area contributed by atoms with Crippen LogP contribution in [0.25, 0.3) is 0 Å². The molecule has 0 radical (unpaired) electrons. The van der Waals surface area contributed by atoms with Crippen LogP contribution in [0, 0.1) is 0 Å². The summed E-state index contributed by atoms with van der Waals surface area (Å²) in [5, 5.41) is 15.0. The summed E-state index contributed by atoms with van der Waals surface area (Å²) < 4.78 is 0. The molecule has 2 bridgehead atoms. The fraction of sp³-hybridized carbons (Fsp3) is 0.571. The van der Waals surface area contributed by atoms with Crippen molar-refractivity contribution in [3.8, 4) is 0 Å². The number of hydrogen-bond donors (Lipinski definition) is 2. The van der Waals surface area contributed by atoms with Gasteiger partial charge in [0.05, 0.1) is 5.60 Å². The van der Waals surface area contributed by atoms with Crippen molar-refractivity contribution >= 4 is 11.6 Å². The van der Waals surface area contributed by atoms with Crippen LogP contribution in [0.1, 0.15) is 31.2 Å². The Labute approximate surface area is 107 Å². The molecular formula is C14H18ClNO. The van der Waals surface area contributed by atoms with Crippen LogP contribution in [-0.2, 0) is 6.42 Å². The summed E-state index contributed by atoms with van der Waals surface area (Å²) in [6.45, 7) is 0. The third-order valence-electron chi connectivity index (χ3n) is 4.03. The van der Waals surface area contributed by atoms with Gasteiger partial charge in [0.1, 0.15) is 0 Å². The number of hydrogen-bond acceptors (Lipinski definition) is 2. The predicted molar refractivity (Wildman–Crippen MR) is 69.3 cm³/mol. The van der Waals surface area contributed by atoms with Crippen molar-refractivity contribution in [1.29, 1.82) is 0 Å². The van der Waals surface area contributed by atoms with E-state index < -0.39 is 5.60 Å². The fourth-order valence-corrected chi connectivity index (χ4v) is 3.48. The molecule has 2 N–H and O–H groups in total. The Morgan fingerprint density at radius 1 is 1.18 bits per heavy atom. The Kier molecular flexibility index (Phi) is 2.89. The summed E-state index contributed by atoms with van der Waals surface area (Å²) in [6, 6.07) is 8.87. The number of piperidine rings is 1. The summed E-state index contributed by atoms with van der Waals surface area (Å²) in [6.07, 6.45) is 4.94. The molecule has 2 aliphatic heterocycles. The van der Waals surface area contributed by atoms with Crippen molar-refractivity contribution in [2.45, 2.75) is 49.8 Å². The standard InChI is InChI=1S/C14H18ClNO/c15-11-3-1-10(2-4-11)7-14(17)8-12-5-6-13(9-14)16-12/h1-4,12-13,16-17H,5-9H2. The molecule has 2 aliphatic rings. The van der Waals surface area contributed by atoms with Crippen LogP contribution in [0.15, 0.2) is 24.3 Å². The molecule has 0 aromatic heterocycles. The van der Waals surface area contributed by atoms with Crippen molar-refractivity contribution < 1.29 is 5.11 Å². The highest BCUT2D eigenvalue weighted by molar-refractivity contribution is 6.30. The lowest BCUT2D eigenvalue weighted by Gasteiger charge is -2.37. The van der Waals surface area contributed by atoms with Crippen LogP contribution >= 0.6 is 11.6 Å². The zero-order chi connectivity index (χ0) is 11.9. The molecule has 1 aromatic rings. The lowest BCUT2D eigenvalue weighted by molar-refractivity contribution is -0.00608. The summed E-state index contributed by atoms with van der Waals surface area (Å²) in [7, 11) is 0. The molecule has 17 heavy (non-hydrogen) atoms. The summed E-state index contributed by atoms with van der Waals surface area (Å²) in [5.41, 5.74) is 0.656. The SMILES string of the molecule is OC1(Cc2ccc(Cl)cc2)CC2CCC(C1)N2. The Hall–Kier alpha value is -0.570. The van der Waals surface area contributed by atoms with E-state index in [0.29, 0.717) is 12.1 Å². The van der Waals surface area contributed by atoms with E-state index >= 15 is 0 Å². The van der Waals surface area contributed by atoms with Crippen LogP contribution in [0.3, 0.4) is 0 Å². The highest BCUT2D eigenvalue weighted by Gasteiger charge is 2.42. The van der Waals surface area contributed by atoms with Gasteiger partial charge in [-0.15, -0.1) is 0 Å². The molecule has 0 saturated carbocycles. The number of rotatable bonds is 2. The minimum absolute atomic E-state index is 0.519. The minimum atomic E-state index is -0.523. The zero-order valence-electron chi connectivity index (χ0n) is 9.82. The first-order valence-electron chi connectivity index (χ1n) is 6.36. The predicted octanol–water partition coefficient (Wildman–Crippen LogP) is 2.53. The topological polar surface area (TPSA) is 32.3 Å². The van der Waals surface area contributed by atoms with Gasteiger partial charge in [0.15, 0.2) is 0 Å². The van der Waals surface area contributed by atoms with Gasteiger partial charge in [-0.1, -0.05) is 23.7 Å². The van der Waals surface area contributed by atoms with Gasteiger partial charge in [-0.2, -0.15) is 0 Å². The van der Waals surface area contributed by atoms with Gasteiger partial charge in [-0.25, -0.2) is 0 Å². The van der Waals surface area contributed by atoms with Crippen LogP contribution < -0.4 is 5.32 Å². The number of fused-ring (bicyclic) bond motifs is 2. The smallest absolute Gasteiger partial charge is 0.0717 e. The Bertz CT molecular complexity index is 391. The monoisotopic (exact) mass is 251 g/mol. The van der Waals surface area contributed by atoms with Gasteiger partial charge in [0, 0.05) is 23.5 Å².